The number of primary amides is 1. The van der Waals surface area contributed by atoms with Gasteiger partial charge >= 0.3 is 0 Å². The third-order valence-corrected chi connectivity index (χ3v) is 3.95. The van der Waals surface area contributed by atoms with Gasteiger partial charge < -0.3 is 16.8 Å². The molecule has 5 N–H and O–H groups in total. The van der Waals surface area contributed by atoms with E-state index in [0.29, 0.717) is 13.0 Å². The fourth-order valence-corrected chi connectivity index (χ4v) is 2.55. The van der Waals surface area contributed by atoms with Crippen molar-refractivity contribution in [3.63, 3.8) is 0 Å². The van der Waals surface area contributed by atoms with E-state index in [1.807, 2.05) is 0 Å². The van der Waals surface area contributed by atoms with Gasteiger partial charge in [0.1, 0.15) is 5.54 Å². The van der Waals surface area contributed by atoms with Crippen LogP contribution in [0.4, 0.5) is 0 Å². The molecule has 0 unspecified atom stereocenters. The first-order valence-electron chi connectivity index (χ1n) is 6.62. The lowest BCUT2D eigenvalue weighted by atomic mass is 9.71. The van der Waals surface area contributed by atoms with E-state index in [-0.39, 0.29) is 11.3 Å². The molecule has 0 aliphatic heterocycles. The van der Waals surface area contributed by atoms with E-state index in [1.54, 1.807) is 13.8 Å². The molecular formula is C13H25N3O2. The van der Waals surface area contributed by atoms with Crippen molar-refractivity contribution in [1.82, 2.24) is 5.32 Å². The third-order valence-electron chi connectivity index (χ3n) is 3.95. The smallest absolute Gasteiger partial charge is 0.242 e. The molecule has 5 heteroatoms. The van der Waals surface area contributed by atoms with Gasteiger partial charge in [0.2, 0.25) is 11.8 Å². The van der Waals surface area contributed by atoms with Crippen LogP contribution in [0.2, 0.25) is 0 Å². The van der Waals surface area contributed by atoms with Gasteiger partial charge in [0.05, 0.1) is 0 Å². The zero-order valence-electron chi connectivity index (χ0n) is 11.4. The summed E-state index contributed by atoms with van der Waals surface area (Å²) in [6, 6.07) is 0. The summed E-state index contributed by atoms with van der Waals surface area (Å²) in [5, 5.41) is 2.69. The van der Waals surface area contributed by atoms with Gasteiger partial charge in [-0.1, -0.05) is 19.3 Å². The first-order valence-corrected chi connectivity index (χ1v) is 6.62. The summed E-state index contributed by atoms with van der Waals surface area (Å²) >= 11 is 0. The van der Waals surface area contributed by atoms with Crippen LogP contribution in [-0.4, -0.2) is 23.9 Å². The predicted molar refractivity (Wildman–Crippen MR) is 70.6 cm³/mol. The number of carbonyl (C=O) groups excluding carboxylic acids is 2. The highest BCUT2D eigenvalue weighted by Crippen LogP contribution is 2.38. The molecule has 5 nitrogen and oxygen atoms in total. The Bertz CT molecular complexity index is 320. The molecule has 2 amide bonds. The molecule has 1 saturated carbocycles. The van der Waals surface area contributed by atoms with Crippen molar-refractivity contribution in [2.24, 2.45) is 16.9 Å². The Morgan fingerprint density at radius 2 is 1.78 bits per heavy atom. The lowest BCUT2D eigenvalue weighted by molar-refractivity contribution is -0.132. The maximum absolute atomic E-state index is 12.0. The number of nitrogens with one attached hydrogen (secondary N) is 1. The van der Waals surface area contributed by atoms with Crippen molar-refractivity contribution in [3.05, 3.63) is 0 Å². The largest absolute Gasteiger partial charge is 0.368 e. The molecule has 0 heterocycles. The first kappa shape index (κ1) is 15.0. The molecule has 0 aromatic carbocycles. The van der Waals surface area contributed by atoms with Crippen LogP contribution in [0.15, 0.2) is 0 Å². The lowest BCUT2D eigenvalue weighted by Crippen LogP contribution is -2.54. The summed E-state index contributed by atoms with van der Waals surface area (Å²) in [7, 11) is 0. The highest BCUT2D eigenvalue weighted by molar-refractivity contribution is 5.89. The Morgan fingerprint density at radius 1 is 1.22 bits per heavy atom. The highest BCUT2D eigenvalue weighted by Gasteiger charge is 2.35. The van der Waals surface area contributed by atoms with Crippen LogP contribution in [0.1, 0.15) is 52.4 Å². The van der Waals surface area contributed by atoms with Crippen molar-refractivity contribution < 1.29 is 9.59 Å². The zero-order valence-corrected chi connectivity index (χ0v) is 11.4. The molecule has 1 aliphatic carbocycles. The van der Waals surface area contributed by atoms with Crippen LogP contribution in [0.5, 0.6) is 0 Å². The second-order valence-electron chi connectivity index (χ2n) is 5.98. The minimum absolute atomic E-state index is 0.0872. The summed E-state index contributed by atoms with van der Waals surface area (Å²) in [6.45, 7) is 3.75. The van der Waals surface area contributed by atoms with E-state index < -0.39 is 11.4 Å². The molecule has 18 heavy (non-hydrogen) atoms. The van der Waals surface area contributed by atoms with Crippen molar-refractivity contribution in [3.8, 4) is 0 Å². The fourth-order valence-electron chi connectivity index (χ4n) is 2.55. The summed E-state index contributed by atoms with van der Waals surface area (Å²) < 4.78 is 0. The Hall–Kier alpha value is -1.10. The quantitative estimate of drug-likeness (QED) is 0.673. The maximum Gasteiger partial charge on any atom is 0.242 e. The summed E-state index contributed by atoms with van der Waals surface area (Å²) in [5.41, 5.74) is 9.99. The van der Waals surface area contributed by atoms with Crippen molar-refractivity contribution >= 4 is 11.8 Å². The Balaban J connectivity index is 2.60. The van der Waals surface area contributed by atoms with Crippen molar-refractivity contribution in [1.29, 1.82) is 0 Å². The summed E-state index contributed by atoms with van der Waals surface area (Å²) in [6.07, 6.45) is 5.85. The number of nitrogens with two attached hydrogens (primary N) is 2. The van der Waals surface area contributed by atoms with Gasteiger partial charge in [-0.2, -0.15) is 0 Å². The first-order chi connectivity index (χ1) is 8.31. The minimum atomic E-state index is -0.998. The SMILES string of the molecule is CC(C)(NC(=O)CC1(CN)CCCCC1)C(N)=O. The summed E-state index contributed by atoms with van der Waals surface area (Å²) in [5.74, 6) is -0.660. The van der Waals surface area contributed by atoms with Crippen LogP contribution >= 0.6 is 0 Å². The van der Waals surface area contributed by atoms with Crippen molar-refractivity contribution in [2.45, 2.75) is 57.9 Å². The Labute approximate surface area is 109 Å². The third kappa shape index (κ3) is 3.70. The van der Waals surface area contributed by atoms with Gasteiger partial charge in [0.25, 0.3) is 0 Å². The normalized spacial score (nSPS) is 19.3. The molecule has 0 saturated heterocycles. The van der Waals surface area contributed by atoms with E-state index in [4.69, 9.17) is 11.5 Å². The Morgan fingerprint density at radius 3 is 2.22 bits per heavy atom. The average Bonchev–Trinajstić information content (AvgIpc) is 2.29. The lowest BCUT2D eigenvalue weighted by Gasteiger charge is -2.36. The standard InChI is InChI=1S/C13H25N3O2/c1-12(2,11(15)18)16-10(17)8-13(9-14)6-4-3-5-7-13/h3-9,14H2,1-2H3,(H2,15,18)(H,16,17). The van der Waals surface area contributed by atoms with E-state index in [0.717, 1.165) is 25.7 Å². The molecule has 0 bridgehead atoms. The second-order valence-corrected chi connectivity index (χ2v) is 5.98. The molecule has 1 fully saturated rings. The predicted octanol–water partition coefficient (Wildman–Crippen LogP) is 0.666. The van der Waals surface area contributed by atoms with Gasteiger partial charge in [-0.15, -0.1) is 0 Å². The monoisotopic (exact) mass is 255 g/mol. The number of carbonyl (C=O) groups is 2. The number of amides is 2. The van der Waals surface area contributed by atoms with Crippen LogP contribution in [0.25, 0.3) is 0 Å². The van der Waals surface area contributed by atoms with Crippen molar-refractivity contribution in [2.75, 3.05) is 6.54 Å². The summed E-state index contributed by atoms with van der Waals surface area (Å²) in [4.78, 5) is 23.2. The van der Waals surface area contributed by atoms with Crippen LogP contribution < -0.4 is 16.8 Å². The molecule has 0 aromatic rings. The van der Waals surface area contributed by atoms with E-state index in [2.05, 4.69) is 5.32 Å². The second kappa shape index (κ2) is 5.69. The molecule has 0 radical (unpaired) electrons. The van der Waals surface area contributed by atoms with Gasteiger partial charge in [-0.05, 0) is 38.6 Å². The van der Waals surface area contributed by atoms with Crippen LogP contribution in [-0.2, 0) is 9.59 Å². The number of hydrogen-bond acceptors (Lipinski definition) is 3. The minimum Gasteiger partial charge on any atom is -0.368 e. The van der Waals surface area contributed by atoms with E-state index in [1.165, 1.54) is 6.42 Å². The molecule has 0 aromatic heterocycles. The molecule has 0 atom stereocenters. The zero-order chi connectivity index (χ0) is 13.8. The van der Waals surface area contributed by atoms with Crippen LogP contribution in [0, 0.1) is 5.41 Å². The Kier molecular flexibility index (Phi) is 4.73. The molecular weight excluding hydrogens is 230 g/mol. The van der Waals surface area contributed by atoms with E-state index in [9.17, 15) is 9.59 Å². The number of rotatable bonds is 5. The highest BCUT2D eigenvalue weighted by atomic mass is 16.2. The van der Waals surface area contributed by atoms with Gasteiger partial charge in [-0.3, -0.25) is 9.59 Å². The maximum atomic E-state index is 12.0. The van der Waals surface area contributed by atoms with Gasteiger partial charge in [-0.25, -0.2) is 0 Å². The molecule has 1 rings (SSSR count). The fraction of sp³-hybridized carbons (Fsp3) is 0.846. The molecule has 0 spiro atoms. The van der Waals surface area contributed by atoms with E-state index >= 15 is 0 Å². The number of hydrogen-bond donors (Lipinski definition) is 3. The average molecular weight is 255 g/mol. The van der Waals surface area contributed by atoms with Gasteiger partial charge in [0.15, 0.2) is 0 Å². The van der Waals surface area contributed by atoms with Gasteiger partial charge in [0, 0.05) is 6.42 Å². The van der Waals surface area contributed by atoms with Crippen LogP contribution in [0.3, 0.4) is 0 Å². The topological polar surface area (TPSA) is 98.2 Å². The molecule has 1 aliphatic rings. The molecule has 104 valence electrons.